The lowest BCUT2D eigenvalue weighted by Crippen LogP contribution is -2.09. The fourth-order valence-corrected chi connectivity index (χ4v) is 1.18. The SMILES string of the molecule is C=CC[C@@H](N)c1ccc(N)cc1O. The van der Waals surface area contributed by atoms with E-state index in [4.69, 9.17) is 11.5 Å². The second kappa shape index (κ2) is 3.96. The van der Waals surface area contributed by atoms with Crippen molar-refractivity contribution < 1.29 is 5.11 Å². The molecule has 3 nitrogen and oxygen atoms in total. The highest BCUT2D eigenvalue weighted by Gasteiger charge is 2.08. The fraction of sp³-hybridized carbons (Fsp3) is 0.200. The highest BCUT2D eigenvalue weighted by atomic mass is 16.3. The summed E-state index contributed by atoms with van der Waals surface area (Å²) in [5.74, 6) is 0.148. The van der Waals surface area contributed by atoms with Crippen LogP contribution in [0.1, 0.15) is 18.0 Å². The Labute approximate surface area is 77.7 Å². The number of benzene rings is 1. The molecule has 0 aliphatic rings. The first-order valence-corrected chi connectivity index (χ1v) is 4.10. The summed E-state index contributed by atoms with van der Waals surface area (Å²) in [6.07, 6.45) is 2.36. The van der Waals surface area contributed by atoms with Gasteiger partial charge in [0.2, 0.25) is 0 Å². The van der Waals surface area contributed by atoms with Crippen molar-refractivity contribution in [1.29, 1.82) is 0 Å². The lowest BCUT2D eigenvalue weighted by atomic mass is 10.0. The van der Waals surface area contributed by atoms with Crippen LogP contribution in [0.5, 0.6) is 5.75 Å². The minimum Gasteiger partial charge on any atom is -0.508 e. The van der Waals surface area contributed by atoms with Crippen LogP contribution in [0.4, 0.5) is 5.69 Å². The molecule has 0 aromatic heterocycles. The third-order valence-corrected chi connectivity index (χ3v) is 1.87. The van der Waals surface area contributed by atoms with Gasteiger partial charge in [-0.05, 0) is 12.5 Å². The number of nitrogen functional groups attached to an aromatic ring is 1. The number of phenols is 1. The number of phenolic OH excluding ortho intramolecular Hbond substituents is 1. The monoisotopic (exact) mass is 178 g/mol. The number of aromatic hydroxyl groups is 1. The molecule has 3 heteroatoms. The molecule has 1 atom stereocenters. The molecular formula is C10H14N2O. The van der Waals surface area contributed by atoms with Crippen molar-refractivity contribution in [3.05, 3.63) is 36.4 Å². The minimum absolute atomic E-state index is 0.148. The molecule has 5 N–H and O–H groups in total. The average molecular weight is 178 g/mol. The van der Waals surface area contributed by atoms with E-state index in [-0.39, 0.29) is 11.8 Å². The number of rotatable bonds is 3. The van der Waals surface area contributed by atoms with Gasteiger partial charge in [-0.3, -0.25) is 0 Å². The number of hydrogen-bond donors (Lipinski definition) is 3. The van der Waals surface area contributed by atoms with Crippen molar-refractivity contribution in [3.63, 3.8) is 0 Å². The molecular weight excluding hydrogens is 164 g/mol. The molecule has 13 heavy (non-hydrogen) atoms. The first-order chi connectivity index (χ1) is 6.15. The Hall–Kier alpha value is -1.48. The molecule has 1 rings (SSSR count). The maximum Gasteiger partial charge on any atom is 0.122 e. The van der Waals surface area contributed by atoms with Crippen LogP contribution in [0.3, 0.4) is 0 Å². The predicted molar refractivity (Wildman–Crippen MR) is 54.3 cm³/mol. The van der Waals surface area contributed by atoms with Crippen molar-refractivity contribution in [2.24, 2.45) is 5.73 Å². The predicted octanol–water partition coefficient (Wildman–Crippen LogP) is 1.55. The maximum absolute atomic E-state index is 9.49. The molecule has 0 unspecified atom stereocenters. The van der Waals surface area contributed by atoms with Gasteiger partial charge in [-0.15, -0.1) is 6.58 Å². The Bertz CT molecular complexity index is 310. The van der Waals surface area contributed by atoms with Gasteiger partial charge in [0.1, 0.15) is 5.75 Å². The second-order valence-electron chi connectivity index (χ2n) is 2.95. The zero-order valence-corrected chi connectivity index (χ0v) is 7.40. The van der Waals surface area contributed by atoms with Gasteiger partial charge in [0, 0.05) is 23.4 Å². The van der Waals surface area contributed by atoms with Gasteiger partial charge in [0.05, 0.1) is 0 Å². The van der Waals surface area contributed by atoms with Crippen LogP contribution in [0.25, 0.3) is 0 Å². The molecule has 1 aromatic carbocycles. The smallest absolute Gasteiger partial charge is 0.122 e. The van der Waals surface area contributed by atoms with E-state index in [0.717, 1.165) is 0 Å². The summed E-state index contributed by atoms with van der Waals surface area (Å²) in [6, 6.07) is 4.74. The van der Waals surface area contributed by atoms with E-state index >= 15 is 0 Å². The average Bonchev–Trinajstić information content (AvgIpc) is 2.04. The zero-order chi connectivity index (χ0) is 9.84. The van der Waals surface area contributed by atoms with Gasteiger partial charge in [-0.1, -0.05) is 12.1 Å². The van der Waals surface area contributed by atoms with E-state index in [0.29, 0.717) is 17.7 Å². The standard InChI is InChI=1S/C10H14N2O/c1-2-3-9(12)8-5-4-7(11)6-10(8)13/h2,4-6,9,13H,1,3,11-12H2/t9-/m1/s1. The van der Waals surface area contributed by atoms with Gasteiger partial charge in [-0.25, -0.2) is 0 Å². The molecule has 0 saturated heterocycles. The number of anilines is 1. The Morgan fingerprint density at radius 1 is 1.54 bits per heavy atom. The zero-order valence-electron chi connectivity index (χ0n) is 7.40. The fourth-order valence-electron chi connectivity index (χ4n) is 1.18. The van der Waals surface area contributed by atoms with Crippen molar-refractivity contribution in [1.82, 2.24) is 0 Å². The molecule has 0 saturated carbocycles. The molecule has 0 amide bonds. The van der Waals surface area contributed by atoms with Gasteiger partial charge in [0.15, 0.2) is 0 Å². The topological polar surface area (TPSA) is 72.3 Å². The third-order valence-electron chi connectivity index (χ3n) is 1.87. The third kappa shape index (κ3) is 2.23. The van der Waals surface area contributed by atoms with Crippen molar-refractivity contribution in [2.45, 2.75) is 12.5 Å². The van der Waals surface area contributed by atoms with Crippen molar-refractivity contribution in [2.75, 3.05) is 5.73 Å². The van der Waals surface area contributed by atoms with Crippen LogP contribution in [0.15, 0.2) is 30.9 Å². The normalized spacial score (nSPS) is 12.4. The molecule has 1 aromatic rings. The summed E-state index contributed by atoms with van der Waals surface area (Å²) >= 11 is 0. The Balaban J connectivity index is 2.94. The van der Waals surface area contributed by atoms with Gasteiger partial charge < -0.3 is 16.6 Å². The van der Waals surface area contributed by atoms with Crippen molar-refractivity contribution in [3.8, 4) is 5.75 Å². The Kier molecular flexibility index (Phi) is 2.93. The molecule has 0 heterocycles. The molecule has 0 aliphatic carbocycles. The molecule has 0 radical (unpaired) electrons. The second-order valence-corrected chi connectivity index (χ2v) is 2.95. The first-order valence-electron chi connectivity index (χ1n) is 4.10. The molecule has 0 fully saturated rings. The summed E-state index contributed by atoms with van der Waals surface area (Å²) in [7, 11) is 0. The van der Waals surface area contributed by atoms with Gasteiger partial charge >= 0.3 is 0 Å². The van der Waals surface area contributed by atoms with Crippen LogP contribution in [0.2, 0.25) is 0 Å². The van der Waals surface area contributed by atoms with E-state index in [1.165, 1.54) is 6.07 Å². The van der Waals surface area contributed by atoms with E-state index in [1.54, 1.807) is 18.2 Å². The minimum atomic E-state index is -0.210. The van der Waals surface area contributed by atoms with Crippen LogP contribution in [-0.4, -0.2) is 5.11 Å². The van der Waals surface area contributed by atoms with E-state index in [9.17, 15) is 5.11 Å². The quantitative estimate of drug-likeness (QED) is 0.485. The number of nitrogens with two attached hydrogens (primary N) is 2. The first kappa shape index (κ1) is 9.61. The largest absolute Gasteiger partial charge is 0.508 e. The van der Waals surface area contributed by atoms with E-state index in [1.807, 2.05) is 0 Å². The van der Waals surface area contributed by atoms with Crippen LogP contribution in [-0.2, 0) is 0 Å². The van der Waals surface area contributed by atoms with Crippen LogP contribution in [0, 0.1) is 0 Å². The Morgan fingerprint density at radius 2 is 2.23 bits per heavy atom. The highest BCUT2D eigenvalue weighted by Crippen LogP contribution is 2.26. The van der Waals surface area contributed by atoms with E-state index in [2.05, 4.69) is 6.58 Å². The van der Waals surface area contributed by atoms with Gasteiger partial charge in [0.25, 0.3) is 0 Å². The maximum atomic E-state index is 9.49. The van der Waals surface area contributed by atoms with Crippen LogP contribution < -0.4 is 11.5 Å². The molecule has 70 valence electrons. The summed E-state index contributed by atoms with van der Waals surface area (Å²) in [5, 5.41) is 9.49. The molecule has 0 aliphatic heterocycles. The lowest BCUT2D eigenvalue weighted by molar-refractivity contribution is 0.462. The number of hydrogen-bond acceptors (Lipinski definition) is 3. The van der Waals surface area contributed by atoms with Crippen LogP contribution >= 0.6 is 0 Å². The lowest BCUT2D eigenvalue weighted by Gasteiger charge is -2.11. The highest BCUT2D eigenvalue weighted by molar-refractivity contribution is 5.48. The Morgan fingerprint density at radius 3 is 2.77 bits per heavy atom. The summed E-state index contributed by atoms with van der Waals surface area (Å²) in [4.78, 5) is 0. The summed E-state index contributed by atoms with van der Waals surface area (Å²) in [5.41, 5.74) is 12.5. The summed E-state index contributed by atoms with van der Waals surface area (Å²) in [6.45, 7) is 3.59. The molecule has 0 bridgehead atoms. The van der Waals surface area contributed by atoms with Gasteiger partial charge in [-0.2, -0.15) is 0 Å². The molecule has 0 spiro atoms. The van der Waals surface area contributed by atoms with Crippen molar-refractivity contribution >= 4 is 5.69 Å². The summed E-state index contributed by atoms with van der Waals surface area (Å²) < 4.78 is 0. The van der Waals surface area contributed by atoms with E-state index < -0.39 is 0 Å².